The summed E-state index contributed by atoms with van der Waals surface area (Å²) in [6, 6.07) is 6.98. The second-order valence-electron chi connectivity index (χ2n) is 5.36. The summed E-state index contributed by atoms with van der Waals surface area (Å²) in [6.45, 7) is 3.77. The Labute approximate surface area is 148 Å². The van der Waals surface area contributed by atoms with E-state index in [2.05, 4.69) is 4.98 Å². The summed E-state index contributed by atoms with van der Waals surface area (Å²) in [4.78, 5) is 16.3. The number of rotatable bonds is 5. The zero-order valence-corrected chi connectivity index (χ0v) is 14.6. The Morgan fingerprint density at radius 3 is 2.58 bits per heavy atom. The van der Waals surface area contributed by atoms with Crippen molar-refractivity contribution < 1.29 is 14.3 Å². The van der Waals surface area contributed by atoms with Crippen molar-refractivity contribution in [2.45, 2.75) is 20.0 Å². The zero-order valence-electron chi connectivity index (χ0n) is 13.1. The van der Waals surface area contributed by atoms with Gasteiger partial charge in [-0.2, -0.15) is 0 Å². The monoisotopic (exact) mass is 362 g/mol. The number of nitrogens with two attached hydrogens (primary N) is 1. The summed E-state index contributed by atoms with van der Waals surface area (Å²) in [5.74, 6) is 0.999. The topological polar surface area (TPSA) is 74.4 Å². The Morgan fingerprint density at radius 1 is 1.25 bits per heavy atom. The minimum Gasteiger partial charge on any atom is -0.488 e. The van der Waals surface area contributed by atoms with Crippen LogP contribution in [0, 0.1) is 0 Å². The van der Waals surface area contributed by atoms with Crippen LogP contribution in [-0.2, 0) is 0 Å². The number of amides is 1. The molecule has 3 rings (SSSR count). The molecule has 24 heavy (non-hydrogen) atoms. The van der Waals surface area contributed by atoms with Gasteiger partial charge < -0.3 is 15.2 Å². The number of aromatic nitrogens is 1. The van der Waals surface area contributed by atoms with E-state index in [9.17, 15) is 4.79 Å². The van der Waals surface area contributed by atoms with Gasteiger partial charge in [0.1, 0.15) is 10.6 Å². The van der Waals surface area contributed by atoms with E-state index in [0.29, 0.717) is 32.5 Å². The maximum Gasteiger partial charge on any atom is 0.262 e. The molecule has 0 saturated heterocycles. The molecule has 1 amide bonds. The third kappa shape index (κ3) is 3.29. The fourth-order valence-electron chi connectivity index (χ4n) is 2.21. The summed E-state index contributed by atoms with van der Waals surface area (Å²) in [5.41, 5.74) is 5.49. The number of primary amides is 1. The van der Waals surface area contributed by atoms with Crippen molar-refractivity contribution in [3.8, 4) is 17.2 Å². The van der Waals surface area contributed by atoms with Crippen molar-refractivity contribution in [1.82, 2.24) is 4.98 Å². The highest BCUT2D eigenvalue weighted by Crippen LogP contribution is 2.44. The van der Waals surface area contributed by atoms with E-state index in [0.717, 1.165) is 4.70 Å². The Bertz CT molecular complexity index is 891. The minimum absolute atomic E-state index is 0.113. The Morgan fingerprint density at radius 2 is 1.96 bits per heavy atom. The lowest BCUT2D eigenvalue weighted by Gasteiger charge is -2.12. The van der Waals surface area contributed by atoms with Gasteiger partial charge in [0.15, 0.2) is 11.5 Å². The quantitative estimate of drug-likeness (QED) is 0.718. The van der Waals surface area contributed by atoms with Crippen LogP contribution in [0.15, 0.2) is 36.7 Å². The molecular weight excluding hydrogens is 348 g/mol. The molecule has 1 aromatic carbocycles. The molecule has 0 aliphatic heterocycles. The highest BCUT2D eigenvalue weighted by Gasteiger charge is 2.22. The van der Waals surface area contributed by atoms with Crippen molar-refractivity contribution in [1.29, 1.82) is 0 Å². The number of hydrogen-bond acceptors (Lipinski definition) is 5. The lowest BCUT2D eigenvalue weighted by molar-refractivity contribution is 0.0999. The van der Waals surface area contributed by atoms with E-state index in [-0.39, 0.29) is 6.10 Å². The number of fused-ring (bicyclic) bond motifs is 1. The van der Waals surface area contributed by atoms with Gasteiger partial charge in [-0.25, -0.2) is 0 Å². The molecule has 7 heteroatoms. The molecule has 5 nitrogen and oxygen atoms in total. The van der Waals surface area contributed by atoms with Crippen LogP contribution < -0.4 is 15.2 Å². The molecule has 0 spiro atoms. The Balaban J connectivity index is 2.13. The fourth-order valence-corrected chi connectivity index (χ4v) is 3.31. The number of benzene rings is 1. The van der Waals surface area contributed by atoms with Crippen molar-refractivity contribution in [2.75, 3.05) is 0 Å². The number of nitrogens with zero attached hydrogens (tertiary/aromatic N) is 1. The van der Waals surface area contributed by atoms with Crippen LogP contribution >= 0.6 is 22.9 Å². The number of hydrogen-bond donors (Lipinski definition) is 1. The van der Waals surface area contributed by atoms with Crippen molar-refractivity contribution in [2.24, 2.45) is 5.73 Å². The lowest BCUT2D eigenvalue weighted by Crippen LogP contribution is -2.13. The fraction of sp³-hybridized carbons (Fsp3) is 0.176. The summed E-state index contributed by atoms with van der Waals surface area (Å²) in [7, 11) is 0. The molecule has 124 valence electrons. The van der Waals surface area contributed by atoms with E-state index in [1.54, 1.807) is 36.7 Å². The van der Waals surface area contributed by atoms with Crippen LogP contribution in [0.4, 0.5) is 0 Å². The zero-order chi connectivity index (χ0) is 17.3. The molecule has 0 aliphatic rings. The molecule has 2 aromatic heterocycles. The van der Waals surface area contributed by atoms with Crippen LogP contribution in [0.1, 0.15) is 23.5 Å². The van der Waals surface area contributed by atoms with Gasteiger partial charge in [0.25, 0.3) is 5.91 Å². The van der Waals surface area contributed by atoms with E-state index in [1.165, 1.54) is 11.3 Å². The SMILES string of the molecule is CC(C)Oc1c(C(N)=O)sc2cncc(Oc3ccc(Cl)cc3)c12. The standard InChI is InChI=1S/C17H15ClN2O3S/c1-9(2)22-15-14-12(23-11-5-3-10(18)4-6-11)7-20-8-13(14)24-16(15)17(19)21/h3-9H,1-2H3,(H2,19,21). The molecule has 0 bridgehead atoms. The lowest BCUT2D eigenvalue weighted by atomic mass is 10.2. The molecule has 0 fully saturated rings. The predicted molar refractivity (Wildman–Crippen MR) is 95.4 cm³/mol. The first-order valence-corrected chi connectivity index (χ1v) is 8.45. The van der Waals surface area contributed by atoms with Crippen molar-refractivity contribution >= 4 is 38.9 Å². The summed E-state index contributed by atoms with van der Waals surface area (Å²) in [5, 5.41) is 1.31. The first kappa shape index (κ1) is 16.5. The maximum absolute atomic E-state index is 11.8. The highest BCUT2D eigenvalue weighted by atomic mass is 35.5. The molecule has 3 aromatic rings. The third-order valence-corrected chi connectivity index (χ3v) is 4.51. The van der Waals surface area contributed by atoms with Gasteiger partial charge in [0.2, 0.25) is 0 Å². The molecular formula is C17H15ClN2O3S. The molecule has 0 atom stereocenters. The van der Waals surface area contributed by atoms with Gasteiger partial charge in [-0.15, -0.1) is 11.3 Å². The number of thiophene rings is 1. The molecule has 0 radical (unpaired) electrons. The van der Waals surface area contributed by atoms with E-state index < -0.39 is 5.91 Å². The first-order valence-electron chi connectivity index (χ1n) is 7.26. The second kappa shape index (κ2) is 6.67. The predicted octanol–water partition coefficient (Wildman–Crippen LogP) is 4.63. The van der Waals surface area contributed by atoms with Crippen molar-refractivity contribution in [3.63, 3.8) is 0 Å². The Kier molecular flexibility index (Phi) is 4.59. The van der Waals surface area contributed by atoms with Gasteiger partial charge in [-0.05, 0) is 38.1 Å². The van der Waals surface area contributed by atoms with Crippen LogP contribution in [-0.4, -0.2) is 17.0 Å². The number of ether oxygens (including phenoxy) is 2. The molecule has 2 N–H and O–H groups in total. The molecule has 0 aliphatic carbocycles. The largest absolute Gasteiger partial charge is 0.488 e. The average molecular weight is 363 g/mol. The highest BCUT2D eigenvalue weighted by molar-refractivity contribution is 7.21. The molecule has 0 unspecified atom stereocenters. The average Bonchev–Trinajstić information content (AvgIpc) is 2.89. The third-order valence-electron chi connectivity index (χ3n) is 3.14. The first-order chi connectivity index (χ1) is 11.5. The van der Waals surface area contributed by atoms with E-state index >= 15 is 0 Å². The summed E-state index contributed by atoms with van der Waals surface area (Å²) in [6.07, 6.45) is 3.13. The molecule has 0 saturated carbocycles. The summed E-state index contributed by atoms with van der Waals surface area (Å²) < 4.78 is 12.5. The minimum atomic E-state index is -0.538. The second-order valence-corrected chi connectivity index (χ2v) is 6.85. The van der Waals surface area contributed by atoms with Crippen LogP contribution in [0.3, 0.4) is 0 Å². The normalized spacial score (nSPS) is 11.0. The van der Waals surface area contributed by atoms with E-state index in [4.69, 9.17) is 26.8 Å². The number of carbonyl (C=O) groups excluding carboxylic acids is 1. The molecule has 2 heterocycles. The van der Waals surface area contributed by atoms with Gasteiger partial charge >= 0.3 is 0 Å². The summed E-state index contributed by atoms with van der Waals surface area (Å²) >= 11 is 7.13. The van der Waals surface area contributed by atoms with E-state index in [1.807, 2.05) is 13.8 Å². The number of carbonyl (C=O) groups is 1. The number of pyridine rings is 1. The van der Waals surface area contributed by atoms with Crippen LogP contribution in [0.25, 0.3) is 10.1 Å². The van der Waals surface area contributed by atoms with Gasteiger partial charge in [0, 0.05) is 11.2 Å². The van der Waals surface area contributed by atoms with Gasteiger partial charge in [0.05, 0.1) is 22.4 Å². The number of halogens is 1. The van der Waals surface area contributed by atoms with Crippen molar-refractivity contribution in [3.05, 3.63) is 46.6 Å². The smallest absolute Gasteiger partial charge is 0.262 e. The van der Waals surface area contributed by atoms with Crippen LogP contribution in [0.2, 0.25) is 5.02 Å². The van der Waals surface area contributed by atoms with Gasteiger partial charge in [-0.1, -0.05) is 11.6 Å². The van der Waals surface area contributed by atoms with Gasteiger partial charge in [-0.3, -0.25) is 9.78 Å². The Hall–Kier alpha value is -2.31. The maximum atomic E-state index is 11.8. The van der Waals surface area contributed by atoms with Crippen LogP contribution in [0.5, 0.6) is 17.2 Å².